The third-order valence-corrected chi connectivity index (χ3v) is 2.40. The molecule has 0 spiro atoms. The second-order valence-corrected chi connectivity index (χ2v) is 3.91. The summed E-state index contributed by atoms with van der Waals surface area (Å²) in [7, 11) is 0. The first-order valence-electron chi connectivity index (χ1n) is 5.12. The zero-order valence-electron chi connectivity index (χ0n) is 9.06. The fraction of sp³-hybridized carbons (Fsp3) is 0.250. The molecule has 1 aromatic carbocycles. The number of benzene rings is 1. The van der Waals surface area contributed by atoms with Gasteiger partial charge in [0.25, 0.3) is 5.91 Å². The molecule has 0 fully saturated rings. The molecule has 1 aromatic rings. The molecule has 0 unspecified atom stereocenters. The van der Waals surface area contributed by atoms with Crippen LogP contribution in [0, 0.1) is 0 Å². The summed E-state index contributed by atoms with van der Waals surface area (Å²) in [5, 5.41) is 2.97. The highest BCUT2D eigenvalue weighted by atomic mass is 35.5. The molecule has 1 amide bonds. The Labute approximate surface area is 104 Å². The molecule has 0 aliphatic rings. The molecule has 1 atom stereocenters. The van der Waals surface area contributed by atoms with Gasteiger partial charge in [-0.1, -0.05) is 17.7 Å². The number of aldehydes is 2. The Morgan fingerprint density at radius 2 is 2.18 bits per heavy atom. The summed E-state index contributed by atoms with van der Waals surface area (Å²) in [5.41, 5.74) is 0.385. The molecule has 17 heavy (non-hydrogen) atoms. The Kier molecular flexibility index (Phi) is 5.36. The first-order valence-corrected chi connectivity index (χ1v) is 5.50. The summed E-state index contributed by atoms with van der Waals surface area (Å²) < 4.78 is 0. The lowest BCUT2D eigenvalue weighted by Gasteiger charge is -2.11. The van der Waals surface area contributed by atoms with Crippen LogP contribution in [0.25, 0.3) is 0 Å². The Bertz CT molecular complexity index is 420. The quantitative estimate of drug-likeness (QED) is 0.784. The number of hydrogen-bond donors (Lipinski definition) is 1. The average molecular weight is 254 g/mol. The fourth-order valence-corrected chi connectivity index (χ4v) is 1.49. The van der Waals surface area contributed by atoms with E-state index >= 15 is 0 Å². The lowest BCUT2D eigenvalue weighted by Crippen LogP contribution is -2.36. The molecule has 1 N–H and O–H groups in total. The van der Waals surface area contributed by atoms with Crippen LogP contribution in [-0.4, -0.2) is 24.5 Å². The topological polar surface area (TPSA) is 63.2 Å². The van der Waals surface area contributed by atoms with Crippen LogP contribution in [0.3, 0.4) is 0 Å². The molecule has 0 aliphatic heterocycles. The van der Waals surface area contributed by atoms with E-state index in [0.29, 0.717) is 29.6 Å². The van der Waals surface area contributed by atoms with E-state index < -0.39 is 6.04 Å². The van der Waals surface area contributed by atoms with Crippen LogP contribution in [0.15, 0.2) is 24.3 Å². The average Bonchev–Trinajstić information content (AvgIpc) is 2.34. The number of amides is 1. The van der Waals surface area contributed by atoms with Crippen molar-refractivity contribution in [3.63, 3.8) is 0 Å². The van der Waals surface area contributed by atoms with Crippen molar-refractivity contribution in [1.82, 2.24) is 5.32 Å². The van der Waals surface area contributed by atoms with Gasteiger partial charge in [0, 0.05) is 17.0 Å². The Morgan fingerprint density at radius 1 is 1.41 bits per heavy atom. The van der Waals surface area contributed by atoms with Gasteiger partial charge < -0.3 is 14.9 Å². The van der Waals surface area contributed by atoms with E-state index in [1.165, 1.54) is 6.07 Å². The van der Waals surface area contributed by atoms with Gasteiger partial charge in [0.15, 0.2) is 0 Å². The van der Waals surface area contributed by atoms with Crippen molar-refractivity contribution in [2.45, 2.75) is 18.9 Å². The van der Waals surface area contributed by atoms with Crippen molar-refractivity contribution in [3.8, 4) is 0 Å². The number of hydrogen-bond acceptors (Lipinski definition) is 3. The molecule has 0 saturated carbocycles. The van der Waals surface area contributed by atoms with E-state index in [1.54, 1.807) is 18.2 Å². The van der Waals surface area contributed by atoms with Gasteiger partial charge in [-0.2, -0.15) is 0 Å². The Morgan fingerprint density at radius 3 is 2.76 bits per heavy atom. The monoisotopic (exact) mass is 253 g/mol. The molecule has 90 valence electrons. The SMILES string of the molecule is O=CCC[C@@H](C=O)NC(=O)c1cccc(Cl)c1. The second kappa shape index (κ2) is 6.81. The van der Waals surface area contributed by atoms with Crippen molar-refractivity contribution in [2.24, 2.45) is 0 Å². The highest BCUT2D eigenvalue weighted by Gasteiger charge is 2.12. The predicted octanol–water partition coefficient (Wildman–Crippen LogP) is 1.62. The van der Waals surface area contributed by atoms with Crippen molar-refractivity contribution < 1.29 is 14.4 Å². The number of halogens is 1. The van der Waals surface area contributed by atoms with Crippen LogP contribution in [0.1, 0.15) is 23.2 Å². The molecule has 1 rings (SSSR count). The lowest BCUT2D eigenvalue weighted by molar-refractivity contribution is -0.110. The van der Waals surface area contributed by atoms with Gasteiger partial charge in [0.1, 0.15) is 12.6 Å². The molecule has 0 radical (unpaired) electrons. The van der Waals surface area contributed by atoms with E-state index in [-0.39, 0.29) is 12.3 Å². The molecule has 0 bridgehead atoms. The van der Waals surface area contributed by atoms with Gasteiger partial charge in [0.2, 0.25) is 0 Å². The maximum atomic E-state index is 11.7. The van der Waals surface area contributed by atoms with Gasteiger partial charge in [-0.3, -0.25) is 4.79 Å². The second-order valence-electron chi connectivity index (χ2n) is 3.47. The van der Waals surface area contributed by atoms with E-state index in [4.69, 9.17) is 11.6 Å². The summed E-state index contributed by atoms with van der Waals surface area (Å²) in [5.74, 6) is -0.379. The minimum Gasteiger partial charge on any atom is -0.343 e. The van der Waals surface area contributed by atoms with Crippen LogP contribution in [0.2, 0.25) is 5.02 Å². The first-order chi connectivity index (χ1) is 8.17. The minimum absolute atomic E-state index is 0.235. The zero-order chi connectivity index (χ0) is 12.7. The number of nitrogens with one attached hydrogen (secondary N) is 1. The molecular weight excluding hydrogens is 242 g/mol. The highest BCUT2D eigenvalue weighted by molar-refractivity contribution is 6.30. The first kappa shape index (κ1) is 13.4. The summed E-state index contributed by atoms with van der Waals surface area (Å²) >= 11 is 5.75. The summed E-state index contributed by atoms with van der Waals surface area (Å²) in [4.78, 5) is 32.6. The van der Waals surface area contributed by atoms with Crippen LogP contribution in [-0.2, 0) is 9.59 Å². The van der Waals surface area contributed by atoms with Crippen LogP contribution < -0.4 is 5.32 Å². The number of rotatable bonds is 6. The van der Waals surface area contributed by atoms with Crippen molar-refractivity contribution >= 4 is 30.1 Å². The largest absolute Gasteiger partial charge is 0.343 e. The fourth-order valence-electron chi connectivity index (χ4n) is 1.30. The maximum Gasteiger partial charge on any atom is 0.251 e. The molecule has 4 nitrogen and oxygen atoms in total. The Hall–Kier alpha value is -1.68. The van der Waals surface area contributed by atoms with E-state index in [1.807, 2.05) is 0 Å². The van der Waals surface area contributed by atoms with Crippen LogP contribution >= 0.6 is 11.6 Å². The van der Waals surface area contributed by atoms with Gasteiger partial charge >= 0.3 is 0 Å². The standard InChI is InChI=1S/C12H12ClNO3/c13-10-4-1-3-9(7-10)12(17)14-11(8-16)5-2-6-15/h1,3-4,6-8,11H,2,5H2,(H,14,17)/t11-/m0/s1. The van der Waals surface area contributed by atoms with Gasteiger partial charge in [0.05, 0.1) is 6.04 Å². The smallest absolute Gasteiger partial charge is 0.251 e. The van der Waals surface area contributed by atoms with Crippen molar-refractivity contribution in [1.29, 1.82) is 0 Å². The van der Waals surface area contributed by atoms with E-state index in [2.05, 4.69) is 5.32 Å². The summed E-state index contributed by atoms with van der Waals surface area (Å²) in [6.45, 7) is 0. The van der Waals surface area contributed by atoms with Crippen LogP contribution in [0.4, 0.5) is 0 Å². The number of carbonyl (C=O) groups is 3. The molecule has 5 heteroatoms. The molecular formula is C12H12ClNO3. The Balaban J connectivity index is 2.64. The van der Waals surface area contributed by atoms with E-state index in [9.17, 15) is 14.4 Å². The third kappa shape index (κ3) is 4.36. The third-order valence-electron chi connectivity index (χ3n) is 2.16. The summed E-state index contributed by atoms with van der Waals surface area (Å²) in [6.07, 6.45) is 1.87. The van der Waals surface area contributed by atoms with Crippen LogP contribution in [0.5, 0.6) is 0 Å². The number of carbonyl (C=O) groups excluding carboxylic acids is 3. The maximum absolute atomic E-state index is 11.7. The van der Waals surface area contributed by atoms with E-state index in [0.717, 1.165) is 0 Å². The lowest BCUT2D eigenvalue weighted by atomic mass is 10.1. The van der Waals surface area contributed by atoms with Crippen molar-refractivity contribution in [2.75, 3.05) is 0 Å². The van der Waals surface area contributed by atoms with Crippen molar-refractivity contribution in [3.05, 3.63) is 34.9 Å². The minimum atomic E-state index is -0.647. The molecule has 0 heterocycles. The summed E-state index contributed by atoms with van der Waals surface area (Å²) in [6, 6.07) is 5.77. The molecule has 0 aromatic heterocycles. The molecule has 0 aliphatic carbocycles. The molecule has 0 saturated heterocycles. The normalized spacial score (nSPS) is 11.6. The van der Waals surface area contributed by atoms with Gasteiger partial charge in [-0.05, 0) is 24.6 Å². The highest BCUT2D eigenvalue weighted by Crippen LogP contribution is 2.10. The van der Waals surface area contributed by atoms with Gasteiger partial charge in [-0.25, -0.2) is 0 Å². The predicted molar refractivity (Wildman–Crippen MR) is 64.1 cm³/mol. The zero-order valence-corrected chi connectivity index (χ0v) is 9.81. The van der Waals surface area contributed by atoms with Gasteiger partial charge in [-0.15, -0.1) is 0 Å².